The second-order valence-electron chi connectivity index (χ2n) is 10.8. The summed E-state index contributed by atoms with van der Waals surface area (Å²) in [5.41, 5.74) is 5.89. The largest absolute Gasteiger partial charge is 0.462 e. The van der Waals surface area contributed by atoms with Crippen LogP contribution in [0.3, 0.4) is 0 Å². The molecule has 3 atom stereocenters. The molecule has 0 saturated heterocycles. The monoisotopic (exact) mass is 506 g/mol. The number of esters is 1. The van der Waals surface area contributed by atoms with Crippen LogP contribution in [0.5, 0.6) is 0 Å². The number of hydrogen-bond acceptors (Lipinski definition) is 5. The molecule has 0 N–H and O–H groups in total. The zero-order valence-electron chi connectivity index (χ0n) is 23.2. The minimum absolute atomic E-state index is 0.0142. The highest BCUT2D eigenvalue weighted by atomic mass is 16.5. The number of carbonyl (C=O) groups excluding carboxylic acids is 4. The summed E-state index contributed by atoms with van der Waals surface area (Å²) in [5.74, 6) is 0.195. The Bertz CT molecular complexity index is 1110. The van der Waals surface area contributed by atoms with Crippen molar-refractivity contribution in [1.82, 2.24) is 0 Å². The number of hydrogen-bond donors (Lipinski definition) is 0. The molecule has 200 valence electrons. The van der Waals surface area contributed by atoms with E-state index in [-0.39, 0.29) is 47.5 Å². The van der Waals surface area contributed by atoms with Crippen LogP contribution >= 0.6 is 0 Å². The van der Waals surface area contributed by atoms with E-state index in [9.17, 15) is 19.2 Å². The molecule has 0 saturated carbocycles. The van der Waals surface area contributed by atoms with E-state index in [1.165, 1.54) is 6.92 Å². The Morgan fingerprint density at radius 2 is 1.86 bits per heavy atom. The third-order valence-corrected chi connectivity index (χ3v) is 7.94. The SMILES string of the molecule is CCCC(CC1CC(=O)c2c(ccc(CC3=CC(C(=O)OCC)=CC3)c2C)C1)C(CC)C(=O)CC(C)=O. The van der Waals surface area contributed by atoms with E-state index < -0.39 is 0 Å². The van der Waals surface area contributed by atoms with E-state index in [1.54, 1.807) is 6.92 Å². The fourth-order valence-electron chi connectivity index (χ4n) is 6.26. The third kappa shape index (κ3) is 7.15. The van der Waals surface area contributed by atoms with Crippen molar-refractivity contribution in [2.24, 2.45) is 17.8 Å². The van der Waals surface area contributed by atoms with Crippen molar-refractivity contribution in [3.63, 3.8) is 0 Å². The normalized spacial score (nSPS) is 18.5. The zero-order chi connectivity index (χ0) is 27.1. The fraction of sp³-hybridized carbons (Fsp3) is 0.562. The Morgan fingerprint density at radius 3 is 2.51 bits per heavy atom. The van der Waals surface area contributed by atoms with E-state index >= 15 is 0 Å². The van der Waals surface area contributed by atoms with Crippen LogP contribution in [0.15, 0.2) is 35.4 Å². The van der Waals surface area contributed by atoms with Gasteiger partial charge in [0, 0.05) is 17.9 Å². The highest BCUT2D eigenvalue weighted by Crippen LogP contribution is 2.37. The summed E-state index contributed by atoms with van der Waals surface area (Å²) < 4.78 is 5.11. The van der Waals surface area contributed by atoms with Crippen LogP contribution in [0.2, 0.25) is 0 Å². The molecule has 0 amide bonds. The second kappa shape index (κ2) is 13.1. The quantitative estimate of drug-likeness (QED) is 0.226. The number of allylic oxidation sites excluding steroid dienone is 2. The molecule has 5 heteroatoms. The lowest BCUT2D eigenvalue weighted by Crippen LogP contribution is -2.30. The molecule has 37 heavy (non-hydrogen) atoms. The highest BCUT2D eigenvalue weighted by molar-refractivity contribution is 6.00. The maximum atomic E-state index is 13.4. The van der Waals surface area contributed by atoms with Crippen LogP contribution < -0.4 is 0 Å². The first-order chi connectivity index (χ1) is 17.7. The van der Waals surface area contributed by atoms with Gasteiger partial charge in [0.1, 0.15) is 11.6 Å². The number of carbonyl (C=O) groups is 4. The fourth-order valence-corrected chi connectivity index (χ4v) is 6.26. The van der Waals surface area contributed by atoms with E-state index in [0.717, 1.165) is 66.4 Å². The molecule has 3 unspecified atom stereocenters. The summed E-state index contributed by atoms with van der Waals surface area (Å²) in [4.78, 5) is 49.8. The minimum atomic E-state index is -0.282. The molecular formula is C32H42O5. The molecule has 0 heterocycles. The zero-order valence-corrected chi connectivity index (χ0v) is 23.2. The van der Waals surface area contributed by atoms with Gasteiger partial charge in [0.25, 0.3) is 0 Å². The Labute approximate surface area is 221 Å². The summed E-state index contributed by atoms with van der Waals surface area (Å²) in [6, 6.07) is 4.23. The molecule has 0 fully saturated rings. The molecule has 1 aromatic carbocycles. The van der Waals surface area contributed by atoms with Crippen molar-refractivity contribution < 1.29 is 23.9 Å². The van der Waals surface area contributed by atoms with Gasteiger partial charge in [-0.2, -0.15) is 0 Å². The Balaban J connectivity index is 1.73. The average Bonchev–Trinajstić information content (AvgIpc) is 3.30. The summed E-state index contributed by atoms with van der Waals surface area (Å²) in [7, 11) is 0. The number of Topliss-reactive ketones (excluding diaryl/α,β-unsaturated/α-hetero) is 3. The van der Waals surface area contributed by atoms with Gasteiger partial charge in [0.2, 0.25) is 0 Å². The van der Waals surface area contributed by atoms with Crippen molar-refractivity contribution in [1.29, 1.82) is 0 Å². The number of fused-ring (bicyclic) bond motifs is 1. The maximum absolute atomic E-state index is 13.4. The van der Waals surface area contributed by atoms with Gasteiger partial charge in [-0.15, -0.1) is 0 Å². The summed E-state index contributed by atoms with van der Waals surface area (Å²) >= 11 is 0. The molecule has 5 nitrogen and oxygen atoms in total. The lowest BCUT2D eigenvalue weighted by atomic mass is 9.71. The van der Waals surface area contributed by atoms with Gasteiger partial charge in [-0.25, -0.2) is 4.79 Å². The van der Waals surface area contributed by atoms with E-state index in [4.69, 9.17) is 4.74 Å². The van der Waals surface area contributed by atoms with Crippen molar-refractivity contribution in [2.45, 2.75) is 92.4 Å². The first kappa shape index (κ1) is 28.7. The lowest BCUT2D eigenvalue weighted by molar-refractivity contribution is -0.138. The number of rotatable bonds is 13. The molecule has 2 aliphatic carbocycles. The van der Waals surface area contributed by atoms with E-state index in [1.807, 2.05) is 26.0 Å². The van der Waals surface area contributed by atoms with Crippen molar-refractivity contribution in [3.05, 3.63) is 57.7 Å². The molecule has 1 aromatic rings. The van der Waals surface area contributed by atoms with Crippen molar-refractivity contribution in [2.75, 3.05) is 6.61 Å². The predicted molar refractivity (Wildman–Crippen MR) is 146 cm³/mol. The Kier molecular flexibility index (Phi) is 10.2. The number of ether oxygens (including phenoxy) is 1. The highest BCUT2D eigenvalue weighted by Gasteiger charge is 2.33. The summed E-state index contributed by atoms with van der Waals surface area (Å²) in [6.45, 7) is 9.84. The molecular weight excluding hydrogens is 464 g/mol. The van der Waals surface area contributed by atoms with Crippen LogP contribution in [0.1, 0.15) is 99.7 Å². The topological polar surface area (TPSA) is 77.5 Å². The molecule has 0 aliphatic heterocycles. The third-order valence-electron chi connectivity index (χ3n) is 7.94. The van der Waals surface area contributed by atoms with Gasteiger partial charge in [-0.3, -0.25) is 14.4 Å². The van der Waals surface area contributed by atoms with Gasteiger partial charge in [0.05, 0.1) is 18.6 Å². The molecule has 0 aromatic heterocycles. The van der Waals surface area contributed by atoms with Crippen LogP contribution in [-0.4, -0.2) is 29.9 Å². The standard InChI is InChI=1S/C32H42O5/c1-6-9-25(28(7-2)29(34)14-20(4)33)17-23-18-26-13-12-24(21(5)31(26)30(35)19-23)15-22-10-11-27(16-22)32(36)37-8-3/h11-13,16,23,25,28H,6-10,14-15,17-19H2,1-5H3. The first-order valence-electron chi connectivity index (χ1n) is 13.9. The number of benzene rings is 1. The van der Waals surface area contributed by atoms with Gasteiger partial charge in [-0.05, 0) is 87.5 Å². The second-order valence-corrected chi connectivity index (χ2v) is 10.8. The Hall–Kier alpha value is -2.82. The smallest absolute Gasteiger partial charge is 0.337 e. The van der Waals surface area contributed by atoms with Gasteiger partial charge in [-0.1, -0.05) is 50.5 Å². The van der Waals surface area contributed by atoms with Crippen LogP contribution in [0.4, 0.5) is 0 Å². The molecule has 0 radical (unpaired) electrons. The molecule has 0 bridgehead atoms. The average molecular weight is 507 g/mol. The van der Waals surface area contributed by atoms with Crippen molar-refractivity contribution >= 4 is 23.3 Å². The van der Waals surface area contributed by atoms with Gasteiger partial charge < -0.3 is 4.74 Å². The number of ketones is 3. The summed E-state index contributed by atoms with van der Waals surface area (Å²) in [6.07, 6.45) is 10.1. The molecule has 3 rings (SSSR count). The predicted octanol–water partition coefficient (Wildman–Crippen LogP) is 6.48. The molecule has 2 aliphatic rings. The Morgan fingerprint density at radius 1 is 1.11 bits per heavy atom. The lowest BCUT2D eigenvalue weighted by Gasteiger charge is -2.32. The summed E-state index contributed by atoms with van der Waals surface area (Å²) in [5, 5.41) is 0. The van der Waals surface area contributed by atoms with Gasteiger partial charge in [0.15, 0.2) is 5.78 Å². The molecule has 0 spiro atoms. The van der Waals surface area contributed by atoms with Crippen LogP contribution in [-0.2, 0) is 32.0 Å². The minimum Gasteiger partial charge on any atom is -0.462 e. The van der Waals surface area contributed by atoms with Crippen LogP contribution in [0.25, 0.3) is 0 Å². The van der Waals surface area contributed by atoms with Crippen LogP contribution in [0, 0.1) is 24.7 Å². The van der Waals surface area contributed by atoms with E-state index in [0.29, 0.717) is 25.0 Å². The van der Waals surface area contributed by atoms with E-state index in [2.05, 4.69) is 19.1 Å². The van der Waals surface area contributed by atoms with Crippen molar-refractivity contribution in [3.8, 4) is 0 Å². The maximum Gasteiger partial charge on any atom is 0.337 e. The van der Waals surface area contributed by atoms with Gasteiger partial charge >= 0.3 is 5.97 Å². The first-order valence-corrected chi connectivity index (χ1v) is 13.9.